The van der Waals surface area contributed by atoms with E-state index in [0.29, 0.717) is 0 Å². The molecule has 3 nitrogen and oxygen atoms in total. The third kappa shape index (κ3) is 1.07. The number of hydrogen-bond donors (Lipinski definition) is 0. The number of rotatable bonds is 1. The first-order chi connectivity index (χ1) is 6.96. The molecule has 4 bridgehead atoms. The molecule has 4 aliphatic carbocycles. The predicted octanol–water partition coefficient (Wildman–Crippen LogP) is 3.20. The minimum atomic E-state index is -0.826. The van der Waals surface area contributed by atoms with Gasteiger partial charge in [0.15, 0.2) is 0 Å². The molecule has 15 heavy (non-hydrogen) atoms. The third-order valence-corrected chi connectivity index (χ3v) is 6.93. The molecule has 0 radical (unpaired) electrons. The second-order valence-corrected chi connectivity index (χ2v) is 7.24. The van der Waals surface area contributed by atoms with Gasteiger partial charge in [0, 0.05) is 32.2 Å². The van der Waals surface area contributed by atoms with Gasteiger partial charge >= 0.3 is 0 Å². The molecule has 4 heteroatoms. The molecule has 0 aromatic carbocycles. The van der Waals surface area contributed by atoms with Gasteiger partial charge in [-0.1, -0.05) is 6.92 Å². The Bertz CT molecular complexity index is 319. The van der Waals surface area contributed by atoms with Crippen LogP contribution < -0.4 is 0 Å². The quantitative estimate of drug-likeness (QED) is 0.319. The molecule has 0 amide bonds. The van der Waals surface area contributed by atoms with E-state index >= 15 is 0 Å². The Morgan fingerprint density at radius 1 is 1.27 bits per heavy atom. The average molecular weight is 274 g/mol. The highest BCUT2D eigenvalue weighted by Crippen LogP contribution is 2.67. The molecule has 0 heterocycles. The van der Waals surface area contributed by atoms with E-state index in [-0.39, 0.29) is 16.3 Å². The van der Waals surface area contributed by atoms with Crippen LogP contribution in [0.5, 0.6) is 0 Å². The van der Waals surface area contributed by atoms with Gasteiger partial charge in [-0.25, -0.2) is 0 Å². The van der Waals surface area contributed by atoms with Crippen molar-refractivity contribution >= 4 is 15.9 Å². The van der Waals surface area contributed by atoms with Crippen molar-refractivity contribution in [3.05, 3.63) is 10.1 Å². The molecular formula is C11H16BrNO2. The summed E-state index contributed by atoms with van der Waals surface area (Å²) in [4.78, 5) is 11.3. The largest absolute Gasteiger partial charge is 0.282 e. The zero-order chi connectivity index (χ0) is 10.8. The lowest BCUT2D eigenvalue weighted by Gasteiger charge is -2.59. The Hall–Kier alpha value is -0.120. The van der Waals surface area contributed by atoms with Crippen LogP contribution in [0.1, 0.15) is 39.0 Å². The van der Waals surface area contributed by atoms with Gasteiger partial charge in [0.25, 0.3) is 4.45 Å². The maximum atomic E-state index is 11.4. The first kappa shape index (κ1) is 10.1. The fourth-order valence-corrected chi connectivity index (χ4v) is 5.41. The van der Waals surface area contributed by atoms with Gasteiger partial charge in [-0.2, -0.15) is 0 Å². The SMILES string of the molecule is CC12CC3CC(CC(C3)C1(Br)[N+](=O)[O-])C2. The van der Waals surface area contributed by atoms with Gasteiger partial charge in [-0.05, 0) is 43.9 Å². The summed E-state index contributed by atoms with van der Waals surface area (Å²) in [6.07, 6.45) is 5.56. The van der Waals surface area contributed by atoms with Crippen molar-refractivity contribution in [2.75, 3.05) is 0 Å². The Balaban J connectivity index is 2.07. The zero-order valence-corrected chi connectivity index (χ0v) is 10.5. The summed E-state index contributed by atoms with van der Waals surface area (Å²) in [6.45, 7) is 2.12. The molecule has 0 aromatic rings. The van der Waals surface area contributed by atoms with Crippen molar-refractivity contribution in [3.63, 3.8) is 0 Å². The summed E-state index contributed by atoms with van der Waals surface area (Å²) >= 11 is 3.51. The van der Waals surface area contributed by atoms with Crippen molar-refractivity contribution in [2.45, 2.75) is 43.5 Å². The Kier molecular flexibility index (Phi) is 1.85. The Morgan fingerprint density at radius 2 is 1.80 bits per heavy atom. The molecule has 4 rings (SSSR count). The van der Waals surface area contributed by atoms with E-state index in [4.69, 9.17) is 0 Å². The number of nitrogens with zero attached hydrogens (tertiary/aromatic N) is 1. The van der Waals surface area contributed by atoms with Crippen LogP contribution in [0.3, 0.4) is 0 Å². The van der Waals surface area contributed by atoms with Crippen LogP contribution in [0, 0.1) is 33.3 Å². The minimum absolute atomic E-state index is 0.0462. The van der Waals surface area contributed by atoms with Gasteiger partial charge in [0.1, 0.15) is 0 Å². The lowest BCUT2D eigenvalue weighted by Crippen LogP contribution is -2.63. The van der Waals surface area contributed by atoms with Gasteiger partial charge < -0.3 is 0 Å². The highest BCUT2D eigenvalue weighted by atomic mass is 79.9. The van der Waals surface area contributed by atoms with Crippen molar-refractivity contribution in [3.8, 4) is 0 Å². The minimum Gasteiger partial charge on any atom is -0.263 e. The molecule has 0 spiro atoms. The van der Waals surface area contributed by atoms with Gasteiger partial charge in [0.2, 0.25) is 0 Å². The smallest absolute Gasteiger partial charge is 0.263 e. The molecule has 0 aliphatic heterocycles. The van der Waals surface area contributed by atoms with E-state index in [0.717, 1.165) is 37.5 Å². The average Bonchev–Trinajstić information content (AvgIpc) is 2.11. The Morgan fingerprint density at radius 3 is 2.20 bits per heavy atom. The zero-order valence-electron chi connectivity index (χ0n) is 8.91. The van der Waals surface area contributed by atoms with Gasteiger partial charge in [0.05, 0.1) is 0 Å². The Labute approximate surface area is 97.9 Å². The van der Waals surface area contributed by atoms with E-state index < -0.39 is 4.45 Å². The van der Waals surface area contributed by atoms with Gasteiger partial charge in [-0.15, -0.1) is 0 Å². The summed E-state index contributed by atoms with van der Waals surface area (Å²) in [5.74, 6) is 1.79. The van der Waals surface area contributed by atoms with E-state index in [2.05, 4.69) is 22.9 Å². The van der Waals surface area contributed by atoms with E-state index in [1.54, 1.807) is 0 Å². The molecule has 4 saturated carbocycles. The fourth-order valence-electron chi connectivity index (χ4n) is 4.72. The van der Waals surface area contributed by atoms with Crippen LogP contribution in [0.2, 0.25) is 0 Å². The summed E-state index contributed by atoms with van der Waals surface area (Å²) in [6, 6.07) is 0. The molecular weight excluding hydrogens is 258 g/mol. The van der Waals surface area contributed by atoms with Crippen LogP contribution in [-0.4, -0.2) is 9.37 Å². The predicted molar refractivity (Wildman–Crippen MR) is 60.3 cm³/mol. The molecule has 3 unspecified atom stereocenters. The van der Waals surface area contributed by atoms with E-state index in [1.165, 1.54) is 6.42 Å². The first-order valence-electron chi connectivity index (χ1n) is 5.79. The fraction of sp³-hybridized carbons (Fsp3) is 1.00. The molecule has 84 valence electrons. The second kappa shape index (κ2) is 2.76. The topological polar surface area (TPSA) is 43.1 Å². The van der Waals surface area contributed by atoms with Crippen LogP contribution in [-0.2, 0) is 0 Å². The van der Waals surface area contributed by atoms with E-state index in [9.17, 15) is 10.1 Å². The van der Waals surface area contributed by atoms with Gasteiger partial charge in [-0.3, -0.25) is 10.1 Å². The number of hydrogen-bond acceptors (Lipinski definition) is 2. The summed E-state index contributed by atoms with van der Waals surface area (Å²) in [5, 5.41) is 11.4. The first-order valence-corrected chi connectivity index (χ1v) is 6.58. The molecule has 3 atom stereocenters. The van der Waals surface area contributed by atoms with Crippen molar-refractivity contribution in [2.24, 2.45) is 23.2 Å². The normalized spacial score (nSPS) is 57.1. The van der Waals surface area contributed by atoms with Crippen LogP contribution >= 0.6 is 15.9 Å². The van der Waals surface area contributed by atoms with Crippen LogP contribution in [0.15, 0.2) is 0 Å². The third-order valence-electron chi connectivity index (χ3n) is 5.03. The standard InChI is InChI=1S/C11H16BrNO2/c1-10-5-7-2-8(6-10)4-9(3-7)11(10,12)13(14)15/h7-9H,2-6H2,1H3. The lowest BCUT2D eigenvalue weighted by molar-refractivity contribution is -0.578. The monoisotopic (exact) mass is 273 g/mol. The van der Waals surface area contributed by atoms with E-state index in [1.807, 2.05) is 0 Å². The molecule has 0 N–H and O–H groups in total. The number of nitro groups is 1. The van der Waals surface area contributed by atoms with Crippen molar-refractivity contribution < 1.29 is 4.92 Å². The summed E-state index contributed by atoms with van der Waals surface area (Å²) in [7, 11) is 0. The maximum absolute atomic E-state index is 11.4. The number of halogens is 1. The summed E-state index contributed by atoms with van der Waals surface area (Å²) < 4.78 is -0.826. The molecule has 4 fully saturated rings. The highest BCUT2D eigenvalue weighted by molar-refractivity contribution is 9.10. The molecule has 4 aliphatic rings. The van der Waals surface area contributed by atoms with Crippen molar-refractivity contribution in [1.29, 1.82) is 0 Å². The lowest BCUT2D eigenvalue weighted by atomic mass is 9.48. The van der Waals surface area contributed by atoms with Crippen LogP contribution in [0.25, 0.3) is 0 Å². The second-order valence-electron chi connectivity index (χ2n) is 6.04. The van der Waals surface area contributed by atoms with Crippen LogP contribution in [0.4, 0.5) is 0 Å². The summed E-state index contributed by atoms with van der Waals surface area (Å²) in [5.41, 5.74) is -0.106. The maximum Gasteiger partial charge on any atom is 0.282 e. The number of alkyl halides is 1. The molecule has 0 aromatic heterocycles. The molecule has 0 saturated heterocycles. The van der Waals surface area contributed by atoms with Crippen molar-refractivity contribution in [1.82, 2.24) is 0 Å². The highest BCUT2D eigenvalue weighted by Gasteiger charge is 2.70.